The monoisotopic (exact) mass is 992 g/mol. The van der Waals surface area contributed by atoms with Crippen molar-refractivity contribution in [3.8, 4) is 35.1 Å². The van der Waals surface area contributed by atoms with Crippen molar-refractivity contribution in [2.75, 3.05) is 33.2 Å². The Morgan fingerprint density at radius 2 is 1.43 bits per heavy atom. The van der Waals surface area contributed by atoms with E-state index in [1.807, 2.05) is 0 Å². The molecule has 4 heterocycles. The summed E-state index contributed by atoms with van der Waals surface area (Å²) < 4.78 is 71.7. The third-order valence-corrected chi connectivity index (χ3v) is 14.3. The van der Waals surface area contributed by atoms with Crippen LogP contribution in [0.3, 0.4) is 0 Å². The molecule has 0 radical (unpaired) electrons. The fraction of sp³-hybridized carbons (Fsp3) is 0.608. The number of phosphoric acid groups is 1. The lowest BCUT2D eigenvalue weighted by Gasteiger charge is -2.30. The van der Waals surface area contributed by atoms with E-state index >= 15 is 4.57 Å². The van der Waals surface area contributed by atoms with Crippen molar-refractivity contribution in [2.45, 2.75) is 172 Å². The van der Waals surface area contributed by atoms with Gasteiger partial charge in [-0.1, -0.05) is 133 Å². The number of rotatable bonds is 31. The Labute approximate surface area is 412 Å². The maximum Gasteiger partial charge on any atom is 0.530 e. The van der Waals surface area contributed by atoms with Gasteiger partial charge in [-0.25, -0.2) is 14.1 Å². The van der Waals surface area contributed by atoms with Crippen LogP contribution in [0.25, 0.3) is 5.52 Å². The molecule has 2 N–H and O–H groups in total. The lowest BCUT2D eigenvalue weighted by atomic mass is 9.96. The molecule has 2 fully saturated rings. The summed E-state index contributed by atoms with van der Waals surface area (Å²) in [6.45, 7) is 4.82. The van der Waals surface area contributed by atoms with Crippen molar-refractivity contribution < 1.29 is 46.6 Å². The van der Waals surface area contributed by atoms with Crippen molar-refractivity contribution >= 4 is 30.8 Å². The number of aromatic nitrogens is 3. The Morgan fingerprint density at radius 1 is 0.826 bits per heavy atom. The molecule has 2 aromatic heterocycles. The molecule has 2 aliphatic heterocycles. The van der Waals surface area contributed by atoms with Crippen molar-refractivity contribution in [1.82, 2.24) is 14.6 Å². The Bertz CT molecular complexity index is 2370. The van der Waals surface area contributed by atoms with Crippen molar-refractivity contribution in [3.63, 3.8) is 0 Å². The Hall–Kier alpha value is -4.64. The van der Waals surface area contributed by atoms with Crippen LogP contribution in [0.2, 0.25) is 5.02 Å². The summed E-state index contributed by atoms with van der Waals surface area (Å²) >= 11 is 6.52. The van der Waals surface area contributed by atoms with Crippen LogP contribution in [-0.4, -0.2) is 71.7 Å². The Morgan fingerprint density at radius 3 is 2.01 bits per heavy atom. The molecule has 18 heteroatoms. The number of unbranched alkanes of at least 4 members (excludes halogenated alkanes) is 16. The van der Waals surface area contributed by atoms with Gasteiger partial charge in [0.25, 0.3) is 0 Å². The highest BCUT2D eigenvalue weighted by molar-refractivity contribution is 7.49. The second-order valence-electron chi connectivity index (χ2n) is 18.3. The number of anilines is 1. The standard InChI is InChI=1S/C51H70ClN6O10P/c1-6-7-8-9-10-11-12-13-14-15-16-17-18-19-20-21-22-25-37(64-38-30-44(60-4)39(32-53)45(31-38)61-5)33-62-69(59,68-43-27-24-23-26-40(43)52)63-35-51(34-54)48-47(65-50(2,3)67-48)46(66-51)41-28-29-42-49(55)56-36-57-58(41)42/h23-24,26-31,36-37,46-48H,6-22,25,33,35H2,1-5H3,(H2,55,56,57)/t37-,46+,47+,48+,51-,69?/m1/s1. The summed E-state index contributed by atoms with van der Waals surface area (Å²) in [6, 6.07) is 17.5. The molecule has 4 aromatic rings. The third kappa shape index (κ3) is 14.5. The minimum absolute atomic E-state index is 0.0299. The molecule has 0 aliphatic carbocycles. The average Bonchev–Trinajstić information content (AvgIpc) is 4.01. The zero-order chi connectivity index (χ0) is 49.3. The molecule has 376 valence electrons. The Balaban J connectivity index is 1.13. The molecule has 0 spiro atoms. The number of nitrogens with two attached hydrogens (primary N) is 1. The average molecular weight is 994 g/mol. The lowest BCUT2D eigenvalue weighted by Crippen LogP contribution is -2.46. The largest absolute Gasteiger partial charge is 0.530 e. The molecule has 0 bridgehead atoms. The first kappa shape index (κ1) is 53.7. The van der Waals surface area contributed by atoms with Gasteiger partial charge in [0.2, 0.25) is 5.60 Å². The zero-order valence-electron chi connectivity index (χ0n) is 40.9. The first-order valence-electron chi connectivity index (χ1n) is 24.6. The van der Waals surface area contributed by atoms with E-state index in [2.05, 4.69) is 29.1 Å². The molecule has 16 nitrogen and oxygen atoms in total. The van der Waals surface area contributed by atoms with Crippen molar-refractivity contribution in [3.05, 3.63) is 71.1 Å². The minimum Gasteiger partial charge on any atom is -0.495 e. The van der Waals surface area contributed by atoms with Crippen LogP contribution >= 0.6 is 19.4 Å². The van der Waals surface area contributed by atoms with E-state index in [1.165, 1.54) is 110 Å². The van der Waals surface area contributed by atoms with Gasteiger partial charge in [0.1, 0.15) is 83.6 Å². The molecule has 2 aliphatic rings. The number of hydrogen-bond acceptors (Lipinski definition) is 15. The van der Waals surface area contributed by atoms with Gasteiger partial charge in [0.15, 0.2) is 11.6 Å². The summed E-state index contributed by atoms with van der Waals surface area (Å²) in [5, 5.41) is 25.3. The number of para-hydroxylation sites is 1. The van der Waals surface area contributed by atoms with Crippen LogP contribution in [0, 0.1) is 22.7 Å². The predicted octanol–water partition coefficient (Wildman–Crippen LogP) is 12.4. The summed E-state index contributed by atoms with van der Waals surface area (Å²) in [4.78, 5) is 4.08. The highest BCUT2D eigenvalue weighted by atomic mass is 35.5. The molecule has 0 saturated carbocycles. The van der Waals surface area contributed by atoms with Crippen molar-refractivity contribution in [2.24, 2.45) is 0 Å². The fourth-order valence-corrected chi connectivity index (χ4v) is 10.5. The lowest BCUT2D eigenvalue weighted by molar-refractivity contribution is -0.204. The second kappa shape index (κ2) is 26.0. The first-order chi connectivity index (χ1) is 33.4. The molecular weight excluding hydrogens is 923 g/mol. The number of phosphoric ester groups is 1. The van der Waals surface area contributed by atoms with Gasteiger partial charge in [-0.15, -0.1) is 0 Å². The number of nitriles is 2. The summed E-state index contributed by atoms with van der Waals surface area (Å²) in [6.07, 6.45) is 19.5. The van der Waals surface area contributed by atoms with Gasteiger partial charge in [0, 0.05) is 12.1 Å². The normalized spacial score (nSPS) is 20.7. The maximum absolute atomic E-state index is 15.0. The molecule has 0 amide bonds. The molecule has 1 unspecified atom stereocenters. The van der Waals surface area contributed by atoms with E-state index in [1.54, 1.807) is 60.8 Å². The van der Waals surface area contributed by atoms with E-state index in [0.717, 1.165) is 25.7 Å². The van der Waals surface area contributed by atoms with Crippen LogP contribution < -0.4 is 24.5 Å². The predicted molar refractivity (Wildman–Crippen MR) is 262 cm³/mol. The number of halogens is 1. The van der Waals surface area contributed by atoms with E-state index in [-0.39, 0.29) is 40.3 Å². The summed E-state index contributed by atoms with van der Waals surface area (Å²) in [5.41, 5.74) is 5.54. The van der Waals surface area contributed by atoms with Gasteiger partial charge in [0.05, 0.1) is 31.5 Å². The SMILES string of the molecule is CCCCCCCCCCCCCCCCCCC[C@H](COP(=O)(OC[C@@]1(C#N)O[C@@H](c2ccc3c(N)ncnn23)[C@@H]2OC(C)(C)O[C@@H]21)Oc1ccccc1Cl)Oc1cc(OC)c(C#N)c(OC)c1. The van der Waals surface area contributed by atoms with E-state index in [4.69, 9.17) is 59.3 Å². The fourth-order valence-electron chi connectivity index (χ4n) is 9.00. The summed E-state index contributed by atoms with van der Waals surface area (Å²) in [7, 11) is -1.76. The maximum atomic E-state index is 15.0. The molecule has 2 aromatic carbocycles. The number of hydrogen-bond donors (Lipinski definition) is 1. The van der Waals surface area contributed by atoms with Crippen molar-refractivity contribution in [1.29, 1.82) is 10.5 Å². The molecule has 2 saturated heterocycles. The first-order valence-corrected chi connectivity index (χ1v) is 26.4. The third-order valence-electron chi connectivity index (χ3n) is 12.6. The van der Waals surface area contributed by atoms with Crippen LogP contribution in [-0.2, 0) is 27.8 Å². The molecule has 6 rings (SSSR count). The molecule has 69 heavy (non-hydrogen) atoms. The highest BCUT2D eigenvalue weighted by Gasteiger charge is 2.65. The molecule has 6 atom stereocenters. The van der Waals surface area contributed by atoms with Gasteiger partial charge in [-0.05, 0) is 51.0 Å². The number of methoxy groups -OCH3 is 2. The quantitative estimate of drug-likeness (QED) is 0.0368. The minimum atomic E-state index is -4.68. The number of nitrogen functional groups attached to an aromatic ring is 1. The Kier molecular flexibility index (Phi) is 20.2. The number of benzene rings is 2. The van der Waals surface area contributed by atoms with Gasteiger partial charge in [-0.2, -0.15) is 15.6 Å². The topological polar surface area (TPSA) is 204 Å². The van der Waals surface area contributed by atoms with Crippen LogP contribution in [0.5, 0.6) is 23.0 Å². The van der Waals surface area contributed by atoms with Crippen LogP contribution in [0.1, 0.15) is 154 Å². The van der Waals surface area contributed by atoms with E-state index in [9.17, 15) is 10.5 Å². The van der Waals surface area contributed by atoms with Gasteiger partial charge >= 0.3 is 7.82 Å². The smallest absolute Gasteiger partial charge is 0.495 e. The van der Waals surface area contributed by atoms with Crippen LogP contribution in [0.15, 0.2) is 54.9 Å². The summed E-state index contributed by atoms with van der Waals surface area (Å²) in [5.74, 6) is 0.0347. The molecular formula is C51H70ClN6O10P. The van der Waals surface area contributed by atoms with Gasteiger partial charge < -0.3 is 38.7 Å². The van der Waals surface area contributed by atoms with E-state index in [0.29, 0.717) is 23.4 Å². The zero-order valence-corrected chi connectivity index (χ0v) is 42.5. The van der Waals surface area contributed by atoms with Crippen LogP contribution in [0.4, 0.5) is 5.82 Å². The number of ether oxygens (including phenoxy) is 6. The highest BCUT2D eigenvalue weighted by Crippen LogP contribution is 2.55. The van der Waals surface area contributed by atoms with E-state index < -0.39 is 50.2 Å². The number of nitrogens with zero attached hydrogens (tertiary/aromatic N) is 5. The number of fused-ring (bicyclic) bond motifs is 2. The van der Waals surface area contributed by atoms with Gasteiger partial charge in [-0.3, -0.25) is 9.05 Å². The second-order valence-corrected chi connectivity index (χ2v) is 20.3.